The Labute approximate surface area is 145 Å². The second-order valence-electron chi connectivity index (χ2n) is 6.27. The van der Waals surface area contributed by atoms with Gasteiger partial charge in [0, 0.05) is 0 Å². The predicted molar refractivity (Wildman–Crippen MR) is 99.0 cm³/mol. The minimum Gasteiger partial charge on any atom is -0.413 e. The van der Waals surface area contributed by atoms with Crippen LogP contribution in [0.4, 0.5) is 4.39 Å². The van der Waals surface area contributed by atoms with Crippen LogP contribution in [-0.2, 0) is 10.0 Å². The summed E-state index contributed by atoms with van der Waals surface area (Å²) in [5, 5.41) is 11.5. The maximum absolute atomic E-state index is 13.3. The molecule has 2 rings (SSSR count). The summed E-state index contributed by atoms with van der Waals surface area (Å²) in [6.07, 6.45) is 0. The molecule has 0 aliphatic carbocycles. The summed E-state index contributed by atoms with van der Waals surface area (Å²) in [6, 6.07) is 18.6. The summed E-state index contributed by atoms with van der Waals surface area (Å²) in [6.45, 7) is 6.69. The van der Waals surface area contributed by atoms with Gasteiger partial charge >= 0.3 is 0 Å². The van der Waals surface area contributed by atoms with Gasteiger partial charge in [-0.1, -0.05) is 63.2 Å². The number of benzene rings is 2. The van der Waals surface area contributed by atoms with Crippen LogP contribution in [0, 0.1) is 5.82 Å². The van der Waals surface area contributed by atoms with E-state index >= 15 is 0 Å². The van der Waals surface area contributed by atoms with Crippen molar-refractivity contribution < 1.29 is 13.9 Å². The summed E-state index contributed by atoms with van der Waals surface area (Å²) in [5.41, 5.74) is 0.149. The molecule has 0 fully saturated rings. The third-order valence-corrected chi connectivity index (χ3v) is 9.72. The first kappa shape index (κ1) is 18.8. The molecule has 2 nitrogen and oxygen atoms in total. The molecular formula is C20H27FO2Si. The number of aliphatic hydroxyl groups is 1. The molecule has 0 unspecified atom stereocenters. The highest BCUT2D eigenvalue weighted by molar-refractivity contribution is 6.73. The van der Waals surface area contributed by atoms with Crippen molar-refractivity contribution in [3.63, 3.8) is 0 Å². The van der Waals surface area contributed by atoms with Gasteiger partial charge in [-0.2, -0.15) is 0 Å². The Bertz CT molecular complexity index is 618. The van der Waals surface area contributed by atoms with Crippen LogP contribution in [0.3, 0.4) is 0 Å². The molecule has 130 valence electrons. The predicted octanol–water partition coefficient (Wildman–Crippen LogP) is 5.08. The first-order valence-corrected chi connectivity index (χ1v) is 11.2. The van der Waals surface area contributed by atoms with Crippen molar-refractivity contribution in [1.29, 1.82) is 0 Å². The van der Waals surface area contributed by atoms with Crippen LogP contribution < -0.4 is 0 Å². The fourth-order valence-corrected chi connectivity index (χ4v) is 5.71. The molecule has 0 radical (unpaired) electrons. The molecule has 2 aromatic rings. The van der Waals surface area contributed by atoms with E-state index in [2.05, 4.69) is 20.8 Å². The van der Waals surface area contributed by atoms with Gasteiger partial charge in [-0.3, -0.25) is 0 Å². The van der Waals surface area contributed by atoms with Gasteiger partial charge in [-0.15, -0.1) is 0 Å². The monoisotopic (exact) mass is 346 g/mol. The molecule has 0 aliphatic heterocycles. The number of hydrogen-bond donors (Lipinski definition) is 1. The van der Waals surface area contributed by atoms with Gasteiger partial charge in [-0.05, 0) is 41.4 Å². The Morgan fingerprint density at radius 1 is 0.875 bits per heavy atom. The summed E-state index contributed by atoms with van der Waals surface area (Å²) in [5.74, 6) is -0.311. The van der Waals surface area contributed by atoms with Gasteiger partial charge < -0.3 is 9.53 Å². The van der Waals surface area contributed by atoms with E-state index in [9.17, 15) is 9.50 Å². The number of halogens is 1. The van der Waals surface area contributed by atoms with Crippen molar-refractivity contribution in [3.05, 3.63) is 71.5 Å². The molecular weight excluding hydrogens is 319 g/mol. The first-order chi connectivity index (χ1) is 11.5. The molecule has 0 heterocycles. The highest BCUT2D eigenvalue weighted by Crippen LogP contribution is 2.33. The summed E-state index contributed by atoms with van der Waals surface area (Å²) in [4.78, 5) is 0. The lowest BCUT2D eigenvalue weighted by atomic mass is 9.87. The summed E-state index contributed by atoms with van der Waals surface area (Å²) < 4.78 is 19.7. The van der Waals surface area contributed by atoms with E-state index in [1.54, 1.807) is 12.1 Å². The van der Waals surface area contributed by atoms with Crippen molar-refractivity contribution in [2.24, 2.45) is 0 Å². The fraction of sp³-hybridized carbons (Fsp3) is 0.400. The Hall–Kier alpha value is -1.49. The Morgan fingerprint density at radius 3 is 1.88 bits per heavy atom. The van der Waals surface area contributed by atoms with E-state index in [0.717, 1.165) is 23.7 Å². The molecule has 0 aliphatic rings. The zero-order valence-electron chi connectivity index (χ0n) is 14.8. The van der Waals surface area contributed by atoms with Crippen LogP contribution >= 0.6 is 0 Å². The van der Waals surface area contributed by atoms with E-state index in [-0.39, 0.29) is 12.4 Å². The lowest BCUT2D eigenvalue weighted by Crippen LogP contribution is -2.43. The Balaban J connectivity index is 2.39. The van der Waals surface area contributed by atoms with E-state index in [0.29, 0.717) is 5.56 Å². The van der Waals surface area contributed by atoms with Crippen LogP contribution in [0.5, 0.6) is 0 Å². The fourth-order valence-electron chi connectivity index (χ4n) is 3.09. The zero-order valence-corrected chi connectivity index (χ0v) is 15.8. The van der Waals surface area contributed by atoms with Crippen molar-refractivity contribution in [2.45, 2.75) is 44.5 Å². The van der Waals surface area contributed by atoms with Gasteiger partial charge in [0.15, 0.2) is 8.32 Å². The Kier molecular flexibility index (Phi) is 6.32. The molecule has 2 aromatic carbocycles. The van der Waals surface area contributed by atoms with Crippen LogP contribution in [0.15, 0.2) is 54.6 Å². The molecule has 4 heteroatoms. The second kappa shape index (κ2) is 8.06. The van der Waals surface area contributed by atoms with Crippen molar-refractivity contribution in [3.8, 4) is 0 Å². The lowest BCUT2D eigenvalue weighted by molar-refractivity contribution is 0.0230. The van der Waals surface area contributed by atoms with E-state index in [1.807, 2.05) is 30.3 Å². The zero-order chi connectivity index (χ0) is 17.6. The standard InChI is InChI=1S/C20H27FO2Si/c1-4-24(5-2,6-3)23-16-20(22,17-10-8-7-9-11-17)18-12-14-19(21)15-13-18/h7-15,22H,4-6,16H2,1-3H3/t20-/m0/s1. The van der Waals surface area contributed by atoms with E-state index in [4.69, 9.17) is 4.43 Å². The molecule has 0 saturated carbocycles. The number of rotatable bonds is 8. The van der Waals surface area contributed by atoms with Crippen LogP contribution in [-0.4, -0.2) is 20.0 Å². The average Bonchev–Trinajstić information content (AvgIpc) is 2.64. The third-order valence-electron chi connectivity index (χ3n) is 5.09. The molecule has 0 spiro atoms. The van der Waals surface area contributed by atoms with Gasteiger partial charge in [0.1, 0.15) is 11.4 Å². The lowest BCUT2D eigenvalue weighted by Gasteiger charge is -2.35. The van der Waals surface area contributed by atoms with Gasteiger partial charge in [-0.25, -0.2) is 4.39 Å². The van der Waals surface area contributed by atoms with Crippen LogP contribution in [0.25, 0.3) is 0 Å². The van der Waals surface area contributed by atoms with Crippen LogP contribution in [0.2, 0.25) is 18.1 Å². The maximum Gasteiger partial charge on any atom is 0.192 e. The average molecular weight is 347 g/mol. The van der Waals surface area contributed by atoms with Crippen molar-refractivity contribution in [1.82, 2.24) is 0 Å². The number of hydrogen-bond acceptors (Lipinski definition) is 2. The molecule has 0 amide bonds. The highest BCUT2D eigenvalue weighted by Gasteiger charge is 2.37. The highest BCUT2D eigenvalue weighted by atomic mass is 28.4. The van der Waals surface area contributed by atoms with Crippen LogP contribution in [0.1, 0.15) is 31.9 Å². The SMILES string of the molecule is CC[Si](CC)(CC)OC[C@](O)(c1ccccc1)c1ccc(F)cc1. The molecule has 1 atom stereocenters. The minimum atomic E-state index is -1.84. The smallest absolute Gasteiger partial charge is 0.192 e. The van der Waals surface area contributed by atoms with Gasteiger partial charge in [0.2, 0.25) is 0 Å². The largest absolute Gasteiger partial charge is 0.413 e. The molecule has 0 bridgehead atoms. The minimum absolute atomic E-state index is 0.199. The molecule has 24 heavy (non-hydrogen) atoms. The topological polar surface area (TPSA) is 29.5 Å². The summed E-state index contributed by atoms with van der Waals surface area (Å²) >= 11 is 0. The molecule has 0 saturated heterocycles. The van der Waals surface area contributed by atoms with E-state index < -0.39 is 13.9 Å². The summed E-state index contributed by atoms with van der Waals surface area (Å²) in [7, 11) is -1.84. The quantitative estimate of drug-likeness (QED) is 0.675. The molecule has 1 N–H and O–H groups in total. The van der Waals surface area contributed by atoms with Gasteiger partial charge in [0.05, 0.1) is 6.61 Å². The van der Waals surface area contributed by atoms with Crippen molar-refractivity contribution in [2.75, 3.05) is 6.61 Å². The second-order valence-corrected chi connectivity index (χ2v) is 11.0. The maximum atomic E-state index is 13.3. The first-order valence-electron chi connectivity index (χ1n) is 8.67. The van der Waals surface area contributed by atoms with Crippen molar-refractivity contribution >= 4 is 8.32 Å². The van der Waals surface area contributed by atoms with E-state index in [1.165, 1.54) is 12.1 Å². The molecule has 0 aromatic heterocycles. The van der Waals surface area contributed by atoms with Gasteiger partial charge in [0.25, 0.3) is 0 Å². The normalized spacial score (nSPS) is 14.4. The third kappa shape index (κ3) is 3.94. The Morgan fingerprint density at radius 2 is 1.38 bits per heavy atom.